The van der Waals surface area contributed by atoms with Crippen LogP contribution in [0, 0.1) is 0 Å². The van der Waals surface area contributed by atoms with Gasteiger partial charge in [-0.3, -0.25) is 4.79 Å². The fourth-order valence-electron chi connectivity index (χ4n) is 2.17. The molecule has 0 saturated carbocycles. The Hall–Kier alpha value is -2.69. The number of carbonyl (C=O) groups is 1. The lowest BCUT2D eigenvalue weighted by Crippen LogP contribution is -2.25. The Balaban J connectivity index is 1.91. The molecule has 2 aromatic carbocycles. The third-order valence-corrected chi connectivity index (χ3v) is 3.28. The number of nitrogens with one attached hydrogen (secondary N) is 1. The minimum atomic E-state index is -0.189. The van der Waals surface area contributed by atoms with Gasteiger partial charge in [0.15, 0.2) is 12.4 Å². The molecule has 0 aromatic heterocycles. The first-order valence-corrected chi connectivity index (χ1v) is 6.78. The summed E-state index contributed by atoms with van der Waals surface area (Å²) in [5.74, 6) is 1.57. The average molecular weight is 284 g/mol. The van der Waals surface area contributed by atoms with Crippen molar-refractivity contribution in [3.05, 3.63) is 42.0 Å². The summed E-state index contributed by atoms with van der Waals surface area (Å²) in [7, 11) is 0. The third-order valence-electron chi connectivity index (χ3n) is 3.28. The molecule has 0 atom stereocenters. The Morgan fingerprint density at radius 2 is 2.19 bits per heavy atom. The molecule has 1 aliphatic heterocycles. The second-order valence-electron chi connectivity index (χ2n) is 4.83. The van der Waals surface area contributed by atoms with Gasteiger partial charge in [0, 0.05) is 12.1 Å². The molecular weight excluding hydrogens is 268 g/mol. The van der Waals surface area contributed by atoms with Crippen LogP contribution < -0.4 is 20.5 Å². The molecule has 0 bridgehead atoms. The van der Waals surface area contributed by atoms with E-state index in [2.05, 4.69) is 12.2 Å². The van der Waals surface area contributed by atoms with Gasteiger partial charge in [0.2, 0.25) is 0 Å². The predicted molar refractivity (Wildman–Crippen MR) is 80.9 cm³/mol. The molecule has 0 aliphatic carbocycles. The van der Waals surface area contributed by atoms with Crippen LogP contribution in [0.15, 0.2) is 36.4 Å². The average Bonchev–Trinajstić information content (AvgIpc) is 2.49. The molecule has 3 N–H and O–H groups in total. The number of carbonyl (C=O) groups excluding carboxylic acids is 1. The largest absolute Gasteiger partial charge is 0.481 e. The van der Waals surface area contributed by atoms with E-state index < -0.39 is 0 Å². The standard InChI is InChI=1S/C16H16N2O3/c1-2-10-4-3-5-11(6-10)21-14-8-13-15(7-12(14)17)20-9-16(19)18-13/h3-8H,2,9,17H2,1H3,(H,18,19). The maximum atomic E-state index is 11.4. The molecule has 0 saturated heterocycles. The van der Waals surface area contributed by atoms with Gasteiger partial charge < -0.3 is 20.5 Å². The molecule has 0 unspecified atom stereocenters. The van der Waals surface area contributed by atoms with Crippen molar-refractivity contribution in [2.45, 2.75) is 13.3 Å². The summed E-state index contributed by atoms with van der Waals surface area (Å²) < 4.78 is 11.1. The summed E-state index contributed by atoms with van der Waals surface area (Å²) in [4.78, 5) is 11.4. The Morgan fingerprint density at radius 1 is 1.33 bits per heavy atom. The zero-order valence-electron chi connectivity index (χ0n) is 11.7. The van der Waals surface area contributed by atoms with Crippen LogP contribution in [-0.4, -0.2) is 12.5 Å². The van der Waals surface area contributed by atoms with Gasteiger partial charge >= 0.3 is 0 Å². The summed E-state index contributed by atoms with van der Waals surface area (Å²) in [5.41, 5.74) is 8.20. The highest BCUT2D eigenvalue weighted by atomic mass is 16.5. The number of aryl methyl sites for hydroxylation is 1. The van der Waals surface area contributed by atoms with Gasteiger partial charge in [-0.05, 0) is 24.1 Å². The summed E-state index contributed by atoms with van der Waals surface area (Å²) in [6.07, 6.45) is 0.931. The topological polar surface area (TPSA) is 73.6 Å². The quantitative estimate of drug-likeness (QED) is 0.850. The Kier molecular flexibility index (Phi) is 3.39. The van der Waals surface area contributed by atoms with Crippen molar-refractivity contribution in [3.63, 3.8) is 0 Å². The van der Waals surface area contributed by atoms with Crippen LogP contribution >= 0.6 is 0 Å². The van der Waals surface area contributed by atoms with E-state index in [0.29, 0.717) is 28.6 Å². The van der Waals surface area contributed by atoms with Crippen molar-refractivity contribution in [1.29, 1.82) is 0 Å². The Morgan fingerprint density at radius 3 is 3.00 bits per heavy atom. The number of rotatable bonds is 3. The van der Waals surface area contributed by atoms with Crippen LogP contribution in [0.2, 0.25) is 0 Å². The van der Waals surface area contributed by atoms with Crippen molar-refractivity contribution in [2.24, 2.45) is 0 Å². The Bertz CT molecular complexity index is 698. The Labute approximate surface area is 122 Å². The number of nitrogens with two attached hydrogens (primary N) is 1. The first-order chi connectivity index (χ1) is 10.2. The van der Waals surface area contributed by atoms with E-state index in [1.165, 1.54) is 5.56 Å². The minimum Gasteiger partial charge on any atom is -0.481 e. The highest BCUT2D eigenvalue weighted by Crippen LogP contribution is 2.38. The van der Waals surface area contributed by atoms with E-state index in [-0.39, 0.29) is 12.5 Å². The first kappa shape index (κ1) is 13.3. The lowest BCUT2D eigenvalue weighted by atomic mass is 10.1. The third kappa shape index (κ3) is 2.76. The maximum Gasteiger partial charge on any atom is 0.262 e. The summed E-state index contributed by atoms with van der Waals surface area (Å²) in [6, 6.07) is 11.2. The number of amides is 1. The maximum absolute atomic E-state index is 11.4. The fraction of sp³-hybridized carbons (Fsp3) is 0.188. The first-order valence-electron chi connectivity index (χ1n) is 6.78. The van der Waals surface area contributed by atoms with Crippen molar-refractivity contribution in [1.82, 2.24) is 0 Å². The van der Waals surface area contributed by atoms with Crippen LogP contribution in [0.3, 0.4) is 0 Å². The van der Waals surface area contributed by atoms with Crippen LogP contribution in [0.4, 0.5) is 11.4 Å². The molecule has 0 fully saturated rings. The second-order valence-corrected chi connectivity index (χ2v) is 4.83. The minimum absolute atomic E-state index is 0.00515. The smallest absolute Gasteiger partial charge is 0.262 e. The van der Waals surface area contributed by atoms with E-state index in [4.69, 9.17) is 15.2 Å². The molecule has 3 rings (SSSR count). The van der Waals surface area contributed by atoms with E-state index in [1.54, 1.807) is 12.1 Å². The molecule has 1 amide bonds. The number of ether oxygens (including phenoxy) is 2. The van der Waals surface area contributed by atoms with E-state index in [9.17, 15) is 4.79 Å². The lowest BCUT2D eigenvalue weighted by Gasteiger charge is -2.20. The lowest BCUT2D eigenvalue weighted by molar-refractivity contribution is -0.118. The normalized spacial score (nSPS) is 13.1. The highest BCUT2D eigenvalue weighted by molar-refractivity contribution is 5.96. The van der Waals surface area contributed by atoms with Crippen LogP contribution in [0.25, 0.3) is 0 Å². The molecule has 5 heteroatoms. The van der Waals surface area contributed by atoms with Crippen molar-refractivity contribution in [3.8, 4) is 17.2 Å². The summed E-state index contributed by atoms with van der Waals surface area (Å²) >= 11 is 0. The van der Waals surface area contributed by atoms with Crippen LogP contribution in [0.5, 0.6) is 17.2 Å². The highest BCUT2D eigenvalue weighted by Gasteiger charge is 2.18. The molecular formula is C16H16N2O3. The molecule has 0 radical (unpaired) electrons. The van der Waals surface area contributed by atoms with Gasteiger partial charge in [-0.1, -0.05) is 19.1 Å². The SMILES string of the molecule is CCc1cccc(Oc2cc3c(cc2N)OCC(=O)N3)c1. The second kappa shape index (κ2) is 5.36. The number of hydrogen-bond donors (Lipinski definition) is 2. The molecule has 1 heterocycles. The van der Waals surface area contributed by atoms with Gasteiger partial charge in [-0.2, -0.15) is 0 Å². The number of nitrogen functional groups attached to an aromatic ring is 1. The molecule has 5 nitrogen and oxygen atoms in total. The van der Waals surface area contributed by atoms with Crippen LogP contribution in [0.1, 0.15) is 12.5 Å². The molecule has 108 valence electrons. The zero-order chi connectivity index (χ0) is 14.8. The van der Waals surface area contributed by atoms with Gasteiger partial charge in [-0.15, -0.1) is 0 Å². The van der Waals surface area contributed by atoms with E-state index >= 15 is 0 Å². The van der Waals surface area contributed by atoms with Crippen molar-refractivity contribution in [2.75, 3.05) is 17.7 Å². The van der Waals surface area contributed by atoms with Crippen molar-refractivity contribution < 1.29 is 14.3 Å². The van der Waals surface area contributed by atoms with Crippen molar-refractivity contribution >= 4 is 17.3 Å². The number of benzene rings is 2. The number of hydrogen-bond acceptors (Lipinski definition) is 4. The van der Waals surface area contributed by atoms with Gasteiger partial charge in [0.25, 0.3) is 5.91 Å². The molecule has 0 spiro atoms. The van der Waals surface area contributed by atoms with E-state index in [1.807, 2.05) is 24.3 Å². The van der Waals surface area contributed by atoms with E-state index in [0.717, 1.165) is 6.42 Å². The predicted octanol–water partition coefficient (Wildman–Crippen LogP) is 2.95. The van der Waals surface area contributed by atoms with Crippen LogP contribution in [-0.2, 0) is 11.2 Å². The van der Waals surface area contributed by atoms with Gasteiger partial charge in [-0.25, -0.2) is 0 Å². The number of fused-ring (bicyclic) bond motifs is 1. The molecule has 1 aliphatic rings. The monoisotopic (exact) mass is 284 g/mol. The van der Waals surface area contributed by atoms with Gasteiger partial charge in [0.05, 0.1) is 11.4 Å². The fourth-order valence-corrected chi connectivity index (χ4v) is 2.17. The van der Waals surface area contributed by atoms with Gasteiger partial charge in [0.1, 0.15) is 11.5 Å². The number of anilines is 2. The summed E-state index contributed by atoms with van der Waals surface area (Å²) in [5, 5.41) is 2.74. The molecule has 2 aromatic rings. The zero-order valence-corrected chi connectivity index (χ0v) is 11.7. The molecule has 21 heavy (non-hydrogen) atoms. The summed E-state index contributed by atoms with van der Waals surface area (Å²) in [6.45, 7) is 2.09.